The number of rotatable bonds is 4. The summed E-state index contributed by atoms with van der Waals surface area (Å²) in [6.45, 7) is 2.54. The number of nitrogens with two attached hydrogens (primary N) is 1. The fraction of sp³-hybridized carbons (Fsp3) is 0.182. The number of anilines is 1. The van der Waals surface area contributed by atoms with Gasteiger partial charge in [-0.3, -0.25) is 4.98 Å². The quantitative estimate of drug-likeness (QED) is 0.481. The van der Waals surface area contributed by atoms with E-state index in [9.17, 15) is 0 Å². The molecule has 2 aromatic rings. The third-order valence-electron chi connectivity index (χ3n) is 2.19. The molecule has 0 saturated heterocycles. The lowest BCUT2D eigenvalue weighted by atomic mass is 10.3. The summed E-state index contributed by atoms with van der Waals surface area (Å²) in [5.74, 6) is 0.945. The lowest BCUT2D eigenvalue weighted by Crippen LogP contribution is -2.20. The van der Waals surface area contributed by atoms with Crippen molar-refractivity contribution >= 4 is 12.3 Å². The molecule has 0 aliphatic rings. The molecule has 7 nitrogen and oxygen atoms in total. The van der Waals surface area contributed by atoms with Crippen LogP contribution in [0.2, 0.25) is 0 Å². The fourth-order valence-electron chi connectivity index (χ4n) is 1.39. The molecule has 0 amide bonds. The smallest absolute Gasteiger partial charge is 0.249 e. The van der Waals surface area contributed by atoms with Crippen LogP contribution in [0.15, 0.2) is 35.8 Å². The van der Waals surface area contributed by atoms with Crippen molar-refractivity contribution < 1.29 is 0 Å². The van der Waals surface area contributed by atoms with Crippen molar-refractivity contribution in [2.75, 3.05) is 11.6 Å². The van der Waals surface area contributed by atoms with Gasteiger partial charge in [-0.1, -0.05) is 6.07 Å². The summed E-state index contributed by atoms with van der Waals surface area (Å²) in [5, 5.41) is 5.54. The largest absolute Gasteiger partial charge is 0.388 e. The van der Waals surface area contributed by atoms with Gasteiger partial charge in [-0.25, -0.2) is 9.99 Å². The van der Waals surface area contributed by atoms with Crippen molar-refractivity contribution in [3.05, 3.63) is 30.7 Å². The van der Waals surface area contributed by atoms with Gasteiger partial charge in [-0.15, -0.1) is 0 Å². The third-order valence-corrected chi connectivity index (χ3v) is 2.19. The summed E-state index contributed by atoms with van der Waals surface area (Å²) >= 11 is 0. The van der Waals surface area contributed by atoms with E-state index in [1.165, 1.54) is 12.7 Å². The minimum Gasteiger partial charge on any atom is -0.388 e. The minimum absolute atomic E-state index is 0.440. The molecule has 2 N–H and O–H groups in total. The maximum atomic E-state index is 5.27. The molecule has 0 aromatic carbocycles. The second-order valence-electron chi connectivity index (χ2n) is 3.30. The topological polar surface area (TPSA) is 93.2 Å². The maximum absolute atomic E-state index is 5.27. The Balaban J connectivity index is 2.36. The van der Waals surface area contributed by atoms with Crippen molar-refractivity contribution in [1.29, 1.82) is 0 Å². The number of hydrogen-bond donors (Lipinski definition) is 1. The van der Waals surface area contributed by atoms with Gasteiger partial charge in [0.05, 0.1) is 0 Å². The molecule has 2 heterocycles. The molecule has 2 rings (SSSR count). The van der Waals surface area contributed by atoms with Crippen LogP contribution in [0.4, 0.5) is 5.95 Å². The Bertz CT molecular complexity index is 526. The van der Waals surface area contributed by atoms with Crippen LogP contribution in [0.25, 0.3) is 11.5 Å². The highest BCUT2D eigenvalue weighted by atomic mass is 15.5. The van der Waals surface area contributed by atoms with Gasteiger partial charge >= 0.3 is 0 Å². The van der Waals surface area contributed by atoms with Gasteiger partial charge in [0.15, 0.2) is 5.82 Å². The Labute approximate surface area is 104 Å². The first-order chi connectivity index (χ1) is 8.85. The summed E-state index contributed by atoms with van der Waals surface area (Å²) in [6, 6.07) is 5.55. The van der Waals surface area contributed by atoms with Crippen LogP contribution in [0, 0.1) is 0 Å². The van der Waals surface area contributed by atoms with Crippen LogP contribution < -0.4 is 10.7 Å². The number of hydrazone groups is 1. The summed E-state index contributed by atoms with van der Waals surface area (Å²) in [6.07, 6.45) is 4.32. The van der Waals surface area contributed by atoms with E-state index >= 15 is 0 Å². The SMILES string of the molecule is CCN(/N=C\N)c1ncnc(-c2ccccn2)n1. The fourth-order valence-corrected chi connectivity index (χ4v) is 1.39. The van der Waals surface area contributed by atoms with Crippen LogP contribution in [-0.4, -0.2) is 32.8 Å². The first kappa shape index (κ1) is 11.9. The van der Waals surface area contributed by atoms with Gasteiger partial charge < -0.3 is 5.73 Å². The van der Waals surface area contributed by atoms with E-state index in [0.29, 0.717) is 24.0 Å². The molecule has 18 heavy (non-hydrogen) atoms. The average molecular weight is 243 g/mol. The average Bonchev–Trinajstić information content (AvgIpc) is 2.46. The molecule has 2 aromatic heterocycles. The minimum atomic E-state index is 0.440. The molecule has 0 fully saturated rings. The standard InChI is InChI=1S/C11H13N7/c1-2-18(16-7-12)11-15-8-14-10(17-11)9-5-3-4-6-13-9/h3-8H,2H2,1H3,(H2,12,16). The molecule has 0 radical (unpaired) electrons. The zero-order valence-corrected chi connectivity index (χ0v) is 9.93. The van der Waals surface area contributed by atoms with E-state index in [0.717, 1.165) is 0 Å². The Morgan fingerprint density at radius 3 is 2.89 bits per heavy atom. The zero-order chi connectivity index (χ0) is 12.8. The van der Waals surface area contributed by atoms with Crippen molar-refractivity contribution in [3.8, 4) is 11.5 Å². The molecule has 0 spiro atoms. The molecule has 0 saturated carbocycles. The van der Waals surface area contributed by atoms with E-state index in [-0.39, 0.29) is 0 Å². The number of pyridine rings is 1. The normalized spacial score (nSPS) is 10.7. The predicted molar refractivity (Wildman–Crippen MR) is 68.8 cm³/mol. The Morgan fingerprint density at radius 1 is 1.33 bits per heavy atom. The van der Waals surface area contributed by atoms with E-state index < -0.39 is 0 Å². The lowest BCUT2D eigenvalue weighted by Gasteiger charge is -2.13. The molecule has 7 heteroatoms. The lowest BCUT2D eigenvalue weighted by molar-refractivity contribution is 0.832. The molecule has 92 valence electrons. The van der Waals surface area contributed by atoms with Crippen LogP contribution >= 0.6 is 0 Å². The summed E-state index contributed by atoms with van der Waals surface area (Å²) in [7, 11) is 0. The summed E-state index contributed by atoms with van der Waals surface area (Å²) < 4.78 is 0. The monoisotopic (exact) mass is 243 g/mol. The van der Waals surface area contributed by atoms with E-state index in [1.807, 2.05) is 25.1 Å². The van der Waals surface area contributed by atoms with Gasteiger partial charge in [0.1, 0.15) is 18.4 Å². The Kier molecular flexibility index (Phi) is 3.75. The van der Waals surface area contributed by atoms with Crippen LogP contribution in [0.3, 0.4) is 0 Å². The second kappa shape index (κ2) is 5.67. The van der Waals surface area contributed by atoms with Gasteiger partial charge in [-0.05, 0) is 19.1 Å². The van der Waals surface area contributed by atoms with Gasteiger partial charge in [-0.2, -0.15) is 15.1 Å². The molecule has 0 aliphatic carbocycles. The predicted octanol–water partition coefficient (Wildman–Crippen LogP) is 0.662. The highest BCUT2D eigenvalue weighted by Crippen LogP contribution is 2.13. The van der Waals surface area contributed by atoms with Crippen LogP contribution in [0.5, 0.6) is 0 Å². The molecule has 0 aliphatic heterocycles. The summed E-state index contributed by atoms with van der Waals surface area (Å²) in [4.78, 5) is 16.6. The zero-order valence-electron chi connectivity index (χ0n) is 9.93. The van der Waals surface area contributed by atoms with Crippen LogP contribution in [0.1, 0.15) is 6.92 Å². The van der Waals surface area contributed by atoms with Gasteiger partial charge in [0.2, 0.25) is 5.95 Å². The maximum Gasteiger partial charge on any atom is 0.249 e. The Hall–Kier alpha value is -2.57. The third kappa shape index (κ3) is 2.57. The number of hydrogen-bond acceptors (Lipinski definition) is 6. The molecular formula is C11H13N7. The highest BCUT2D eigenvalue weighted by Gasteiger charge is 2.09. The molecular weight excluding hydrogens is 230 g/mol. The van der Waals surface area contributed by atoms with Crippen molar-refractivity contribution in [3.63, 3.8) is 0 Å². The van der Waals surface area contributed by atoms with E-state index in [2.05, 4.69) is 25.0 Å². The first-order valence-corrected chi connectivity index (χ1v) is 5.47. The van der Waals surface area contributed by atoms with Gasteiger partial charge in [0.25, 0.3) is 0 Å². The van der Waals surface area contributed by atoms with Crippen molar-refractivity contribution in [1.82, 2.24) is 19.9 Å². The van der Waals surface area contributed by atoms with Crippen molar-refractivity contribution in [2.45, 2.75) is 6.92 Å². The molecule has 0 atom stereocenters. The summed E-state index contributed by atoms with van der Waals surface area (Å²) in [5.41, 5.74) is 5.96. The van der Waals surface area contributed by atoms with E-state index in [4.69, 9.17) is 5.73 Å². The first-order valence-electron chi connectivity index (χ1n) is 5.47. The molecule has 0 unspecified atom stereocenters. The highest BCUT2D eigenvalue weighted by molar-refractivity contribution is 5.54. The van der Waals surface area contributed by atoms with Crippen LogP contribution in [-0.2, 0) is 0 Å². The number of nitrogens with zero attached hydrogens (tertiary/aromatic N) is 6. The van der Waals surface area contributed by atoms with E-state index in [1.54, 1.807) is 11.2 Å². The van der Waals surface area contributed by atoms with Gasteiger partial charge in [0, 0.05) is 12.7 Å². The molecule has 0 bridgehead atoms. The Morgan fingerprint density at radius 2 is 2.22 bits per heavy atom. The second-order valence-corrected chi connectivity index (χ2v) is 3.30. The number of aromatic nitrogens is 4. The van der Waals surface area contributed by atoms with Crippen molar-refractivity contribution in [2.24, 2.45) is 10.8 Å².